The Labute approximate surface area is 163 Å². The minimum Gasteiger partial charge on any atom is -0.480 e. The van der Waals surface area contributed by atoms with E-state index >= 15 is 0 Å². The molecule has 10 heteroatoms. The highest BCUT2D eigenvalue weighted by Crippen LogP contribution is 2.49. The van der Waals surface area contributed by atoms with Crippen LogP contribution in [0.1, 0.15) is 23.4 Å². The summed E-state index contributed by atoms with van der Waals surface area (Å²) in [4.78, 5) is 52.3. The summed E-state index contributed by atoms with van der Waals surface area (Å²) >= 11 is 6.06. The lowest BCUT2D eigenvalue weighted by Gasteiger charge is -2.21. The first-order chi connectivity index (χ1) is 13.2. The number of aliphatic carboxylic acids is 1. The molecule has 0 bridgehead atoms. The van der Waals surface area contributed by atoms with Crippen molar-refractivity contribution in [2.75, 3.05) is 11.4 Å². The number of aromatic nitrogens is 1. The van der Waals surface area contributed by atoms with E-state index in [9.17, 15) is 19.2 Å². The fourth-order valence-electron chi connectivity index (χ4n) is 3.77. The van der Waals surface area contributed by atoms with Crippen molar-refractivity contribution < 1.29 is 28.8 Å². The Morgan fingerprint density at radius 1 is 1.25 bits per heavy atom. The molecule has 1 fully saturated rings. The van der Waals surface area contributed by atoms with E-state index < -0.39 is 42.1 Å². The Bertz CT molecular complexity index is 1050. The van der Waals surface area contributed by atoms with E-state index in [0.29, 0.717) is 11.5 Å². The summed E-state index contributed by atoms with van der Waals surface area (Å²) in [5.41, 5.74) is -0.943. The van der Waals surface area contributed by atoms with Crippen LogP contribution in [0, 0.1) is 6.92 Å². The molecule has 0 saturated carbocycles. The molecule has 3 amide bonds. The van der Waals surface area contributed by atoms with Gasteiger partial charge in [-0.25, -0.2) is 0 Å². The van der Waals surface area contributed by atoms with Gasteiger partial charge < -0.3 is 9.63 Å². The van der Waals surface area contributed by atoms with Crippen LogP contribution in [0.3, 0.4) is 0 Å². The number of carboxylic acids is 1. The summed E-state index contributed by atoms with van der Waals surface area (Å²) in [7, 11) is 0. The largest absolute Gasteiger partial charge is 0.480 e. The summed E-state index contributed by atoms with van der Waals surface area (Å²) in [6.07, 6.45) is -0.398. The number of halogens is 1. The maximum atomic E-state index is 13.3. The lowest BCUT2D eigenvalue weighted by Crippen LogP contribution is -2.47. The zero-order valence-electron chi connectivity index (χ0n) is 14.6. The highest BCUT2D eigenvalue weighted by atomic mass is 35.5. The molecule has 4 rings (SSSR count). The van der Waals surface area contributed by atoms with Crippen molar-refractivity contribution in [1.82, 2.24) is 10.1 Å². The number of likely N-dealkylation sites (tertiary alicyclic amines) is 1. The zero-order valence-corrected chi connectivity index (χ0v) is 15.4. The Kier molecular flexibility index (Phi) is 4.00. The number of rotatable bonds is 4. The molecule has 1 saturated heterocycles. The number of hydrogen-bond acceptors (Lipinski definition) is 6. The minimum atomic E-state index is -1.81. The van der Waals surface area contributed by atoms with Crippen molar-refractivity contribution >= 4 is 41.0 Å². The maximum absolute atomic E-state index is 13.3. The van der Waals surface area contributed by atoms with Crippen molar-refractivity contribution in [2.45, 2.75) is 25.3 Å². The second kappa shape index (κ2) is 6.16. The normalized spacial score (nSPS) is 21.1. The van der Waals surface area contributed by atoms with Gasteiger partial charge >= 0.3 is 5.97 Å². The van der Waals surface area contributed by atoms with Gasteiger partial charge in [-0.1, -0.05) is 16.8 Å². The molecule has 28 heavy (non-hydrogen) atoms. The first kappa shape index (κ1) is 18.2. The molecule has 1 aromatic heterocycles. The predicted molar refractivity (Wildman–Crippen MR) is 94.5 cm³/mol. The van der Waals surface area contributed by atoms with E-state index in [2.05, 4.69) is 5.16 Å². The number of nitrogens with zero attached hydrogens (tertiary/aromatic N) is 3. The van der Waals surface area contributed by atoms with Crippen molar-refractivity contribution in [3.63, 3.8) is 0 Å². The molecule has 144 valence electrons. The number of imide groups is 1. The van der Waals surface area contributed by atoms with Gasteiger partial charge in [-0.15, -0.1) is 0 Å². The lowest BCUT2D eigenvalue weighted by atomic mass is 9.80. The Morgan fingerprint density at radius 2 is 1.96 bits per heavy atom. The topological polar surface area (TPSA) is 121 Å². The van der Waals surface area contributed by atoms with Gasteiger partial charge in [-0.05, 0) is 25.1 Å². The number of carbonyl (C=O) groups excluding carboxylic acids is 3. The standard InChI is InChI=1S/C18H14ClN3O6/c1-9-4-11(20-28-9)7-22-14(23)6-18(17(22)27)12-5-10(19)2-3-13(12)21(16(18)26)8-15(24)25/h2-5H,6-8H2,1H3,(H,24,25). The van der Waals surface area contributed by atoms with Gasteiger partial charge in [0, 0.05) is 22.3 Å². The summed E-state index contributed by atoms with van der Waals surface area (Å²) in [5.74, 6) is -2.74. The quantitative estimate of drug-likeness (QED) is 0.602. The van der Waals surface area contributed by atoms with E-state index in [1.165, 1.54) is 18.2 Å². The van der Waals surface area contributed by atoms with Crippen LogP contribution in [-0.2, 0) is 31.1 Å². The van der Waals surface area contributed by atoms with Crippen LogP contribution in [0.5, 0.6) is 0 Å². The molecular weight excluding hydrogens is 390 g/mol. The van der Waals surface area contributed by atoms with Crippen molar-refractivity contribution in [3.8, 4) is 0 Å². The number of amides is 3. The molecule has 3 heterocycles. The van der Waals surface area contributed by atoms with Gasteiger partial charge in [0.2, 0.25) is 17.7 Å². The molecule has 1 N–H and O–H groups in total. The van der Waals surface area contributed by atoms with Crippen LogP contribution in [0.25, 0.3) is 0 Å². The third-order valence-electron chi connectivity index (χ3n) is 4.94. The minimum absolute atomic E-state index is 0.140. The third-order valence-corrected chi connectivity index (χ3v) is 5.17. The van der Waals surface area contributed by atoms with E-state index in [1.54, 1.807) is 13.0 Å². The highest BCUT2D eigenvalue weighted by molar-refractivity contribution is 6.32. The summed E-state index contributed by atoms with van der Waals surface area (Å²) in [6.45, 7) is 0.909. The van der Waals surface area contributed by atoms with Crippen LogP contribution in [0.2, 0.25) is 5.02 Å². The molecule has 0 radical (unpaired) electrons. The van der Waals surface area contributed by atoms with Crippen molar-refractivity contribution in [1.29, 1.82) is 0 Å². The maximum Gasteiger partial charge on any atom is 0.323 e. The average molecular weight is 404 g/mol. The van der Waals surface area contributed by atoms with Gasteiger partial charge in [-0.3, -0.25) is 29.0 Å². The summed E-state index contributed by atoms with van der Waals surface area (Å²) in [6, 6.07) is 6.00. The highest BCUT2D eigenvalue weighted by Gasteiger charge is 2.64. The van der Waals surface area contributed by atoms with E-state index in [-0.39, 0.29) is 22.8 Å². The van der Waals surface area contributed by atoms with Crippen LogP contribution >= 0.6 is 11.6 Å². The molecule has 2 aromatic rings. The number of hydrogen-bond donors (Lipinski definition) is 1. The molecule has 1 aromatic carbocycles. The van der Waals surface area contributed by atoms with Crippen molar-refractivity contribution in [2.24, 2.45) is 0 Å². The van der Waals surface area contributed by atoms with E-state index in [4.69, 9.17) is 21.2 Å². The fraction of sp³-hybridized carbons (Fsp3) is 0.278. The second-order valence-corrected chi connectivity index (χ2v) is 7.18. The first-order valence-electron chi connectivity index (χ1n) is 8.35. The van der Waals surface area contributed by atoms with Crippen LogP contribution in [0.15, 0.2) is 28.8 Å². The molecule has 1 unspecified atom stereocenters. The molecule has 2 aliphatic rings. The van der Waals surface area contributed by atoms with Gasteiger partial charge in [0.25, 0.3) is 0 Å². The Balaban J connectivity index is 1.79. The van der Waals surface area contributed by atoms with E-state index in [0.717, 1.165) is 9.80 Å². The third kappa shape index (κ3) is 2.50. The van der Waals surface area contributed by atoms with E-state index in [1.807, 2.05) is 0 Å². The van der Waals surface area contributed by atoms with Gasteiger partial charge in [0.15, 0.2) is 5.41 Å². The number of benzene rings is 1. The van der Waals surface area contributed by atoms with Crippen LogP contribution in [-0.4, -0.2) is 45.4 Å². The van der Waals surface area contributed by atoms with Crippen molar-refractivity contribution in [3.05, 3.63) is 46.3 Å². The number of carbonyl (C=O) groups is 4. The summed E-state index contributed by atoms with van der Waals surface area (Å²) in [5, 5.41) is 13.2. The molecule has 2 aliphatic heterocycles. The number of aryl methyl sites for hydroxylation is 1. The smallest absolute Gasteiger partial charge is 0.323 e. The average Bonchev–Trinajstić information content (AvgIpc) is 3.22. The number of carboxylic acid groups (broad SMARTS) is 1. The lowest BCUT2D eigenvalue weighted by molar-refractivity contribution is -0.143. The van der Waals surface area contributed by atoms with Crippen LogP contribution < -0.4 is 4.90 Å². The molecule has 9 nitrogen and oxygen atoms in total. The summed E-state index contributed by atoms with van der Waals surface area (Å²) < 4.78 is 4.96. The number of anilines is 1. The predicted octanol–water partition coefficient (Wildman–Crippen LogP) is 1.26. The Morgan fingerprint density at radius 3 is 2.61 bits per heavy atom. The van der Waals surface area contributed by atoms with Gasteiger partial charge in [-0.2, -0.15) is 0 Å². The van der Waals surface area contributed by atoms with Crippen LogP contribution in [0.4, 0.5) is 5.69 Å². The van der Waals surface area contributed by atoms with Gasteiger partial charge in [0.05, 0.1) is 13.0 Å². The Hall–Kier alpha value is -3.20. The molecule has 0 aliphatic carbocycles. The number of fused-ring (bicyclic) bond motifs is 2. The zero-order chi connectivity index (χ0) is 20.2. The van der Waals surface area contributed by atoms with Gasteiger partial charge in [0.1, 0.15) is 18.0 Å². The second-order valence-electron chi connectivity index (χ2n) is 6.74. The monoisotopic (exact) mass is 403 g/mol. The molecule has 1 spiro atoms. The first-order valence-corrected chi connectivity index (χ1v) is 8.72. The molecular formula is C18H14ClN3O6. The SMILES string of the molecule is Cc1cc(CN2C(=O)CC3(C2=O)C(=O)N(CC(=O)O)c2ccc(Cl)cc23)no1. The molecule has 1 atom stereocenters. The fourth-order valence-corrected chi connectivity index (χ4v) is 3.94.